The number of carbonyl (C=O) groups excluding carboxylic acids is 4. The highest BCUT2D eigenvalue weighted by Crippen LogP contribution is 2.34. The number of hydrogen-bond donors (Lipinski definition) is 3. The highest BCUT2D eigenvalue weighted by atomic mass is 16.5. The second-order valence-corrected chi connectivity index (χ2v) is 15.1. The van der Waals surface area contributed by atoms with Crippen LogP contribution < -0.4 is 16.0 Å². The smallest absolute Gasteiger partial charge is 0.245 e. The molecule has 3 amide bonds. The fourth-order valence-electron chi connectivity index (χ4n) is 7.71. The third kappa shape index (κ3) is 10.8. The van der Waals surface area contributed by atoms with Crippen LogP contribution in [0.25, 0.3) is 0 Å². The van der Waals surface area contributed by atoms with Gasteiger partial charge in [-0.05, 0) is 63.2 Å². The zero-order chi connectivity index (χ0) is 37.8. The van der Waals surface area contributed by atoms with E-state index in [2.05, 4.69) is 29.8 Å². The van der Waals surface area contributed by atoms with Crippen molar-refractivity contribution in [2.24, 2.45) is 23.7 Å². The topological polar surface area (TPSA) is 129 Å². The lowest BCUT2D eigenvalue weighted by atomic mass is 9.76. The molecule has 1 saturated heterocycles. The van der Waals surface area contributed by atoms with E-state index in [4.69, 9.17) is 9.47 Å². The van der Waals surface area contributed by atoms with Crippen molar-refractivity contribution in [1.29, 1.82) is 0 Å². The Kier molecular flexibility index (Phi) is 17.5. The van der Waals surface area contributed by atoms with Crippen LogP contribution in [0.2, 0.25) is 0 Å². The van der Waals surface area contributed by atoms with Gasteiger partial charge in [0, 0.05) is 34.2 Å². The average Bonchev–Trinajstić information content (AvgIpc) is 3.57. The van der Waals surface area contributed by atoms with Gasteiger partial charge in [-0.3, -0.25) is 24.1 Å². The van der Waals surface area contributed by atoms with Crippen molar-refractivity contribution in [3.63, 3.8) is 0 Å². The molecule has 284 valence electrons. The van der Waals surface area contributed by atoms with E-state index in [1.807, 2.05) is 83.9 Å². The third-order valence-corrected chi connectivity index (χ3v) is 10.6. The summed E-state index contributed by atoms with van der Waals surface area (Å²) >= 11 is 0. The van der Waals surface area contributed by atoms with Crippen LogP contribution in [0.5, 0.6) is 0 Å². The summed E-state index contributed by atoms with van der Waals surface area (Å²) in [4.78, 5) is 59.2. The first-order chi connectivity index (χ1) is 23.6. The Labute approximate surface area is 302 Å². The molecular weight excluding hydrogens is 634 g/mol. The van der Waals surface area contributed by atoms with Crippen LogP contribution in [-0.2, 0) is 35.1 Å². The van der Waals surface area contributed by atoms with Gasteiger partial charge in [0.05, 0.1) is 30.2 Å². The maximum atomic E-state index is 14.5. The minimum absolute atomic E-state index is 0.0181. The van der Waals surface area contributed by atoms with Gasteiger partial charge in [-0.1, -0.05) is 85.2 Å². The van der Waals surface area contributed by atoms with Gasteiger partial charge in [0.2, 0.25) is 17.7 Å². The fourth-order valence-corrected chi connectivity index (χ4v) is 7.71. The number of nitrogens with zero attached hydrogens (tertiary/aromatic N) is 2. The van der Waals surface area contributed by atoms with Crippen molar-refractivity contribution < 1.29 is 28.7 Å². The number of rotatable bonds is 21. The van der Waals surface area contributed by atoms with Crippen LogP contribution in [0.3, 0.4) is 0 Å². The molecule has 1 aromatic carbocycles. The monoisotopic (exact) mass is 702 g/mol. The van der Waals surface area contributed by atoms with E-state index >= 15 is 0 Å². The van der Waals surface area contributed by atoms with Gasteiger partial charge in [0.15, 0.2) is 5.78 Å². The molecule has 11 heteroatoms. The number of amides is 3. The molecule has 50 heavy (non-hydrogen) atoms. The molecule has 0 saturated carbocycles. The molecular formula is C39H67N5O6. The molecule has 0 bridgehead atoms. The SMILES string of the molecule is CC[C@H](C)[C@@H]([C@@H](CC(=O)[C@@]1([C@H](OC)[C@@H](C)C(=O)NCCc2ccccc2)CCCN1)OC)N(C)C(=O)[C@@H](NC(=O)[C@H](C(C)C)N(C)C)C(C)C. The maximum absolute atomic E-state index is 14.5. The zero-order valence-corrected chi connectivity index (χ0v) is 32.9. The molecule has 1 aliphatic heterocycles. The van der Waals surface area contributed by atoms with Gasteiger partial charge >= 0.3 is 0 Å². The highest BCUT2D eigenvalue weighted by Gasteiger charge is 2.52. The molecule has 1 aromatic rings. The summed E-state index contributed by atoms with van der Waals surface area (Å²) in [5.74, 6) is -1.43. The van der Waals surface area contributed by atoms with E-state index in [0.29, 0.717) is 25.9 Å². The second-order valence-electron chi connectivity index (χ2n) is 15.1. The van der Waals surface area contributed by atoms with Crippen molar-refractivity contribution in [3.8, 4) is 0 Å². The van der Waals surface area contributed by atoms with E-state index in [9.17, 15) is 19.2 Å². The molecule has 2 rings (SSSR count). The van der Waals surface area contributed by atoms with E-state index in [1.165, 1.54) is 0 Å². The van der Waals surface area contributed by atoms with E-state index in [0.717, 1.165) is 18.4 Å². The van der Waals surface area contributed by atoms with Crippen molar-refractivity contribution in [3.05, 3.63) is 35.9 Å². The van der Waals surface area contributed by atoms with Crippen LogP contribution in [0.4, 0.5) is 0 Å². The summed E-state index contributed by atoms with van der Waals surface area (Å²) in [6, 6.07) is 8.38. The number of carbonyl (C=O) groups is 4. The minimum Gasteiger partial charge on any atom is -0.379 e. The zero-order valence-electron chi connectivity index (χ0n) is 32.9. The Morgan fingerprint density at radius 2 is 1.56 bits per heavy atom. The molecule has 8 atom stereocenters. The maximum Gasteiger partial charge on any atom is 0.245 e. The summed E-state index contributed by atoms with van der Waals surface area (Å²) in [6.07, 6.45) is 1.41. The first-order valence-corrected chi connectivity index (χ1v) is 18.5. The second kappa shape index (κ2) is 20.2. The summed E-state index contributed by atoms with van der Waals surface area (Å²) in [6.45, 7) is 14.8. The van der Waals surface area contributed by atoms with Crippen LogP contribution in [0, 0.1) is 23.7 Å². The average molecular weight is 702 g/mol. The predicted octanol–water partition coefficient (Wildman–Crippen LogP) is 3.69. The molecule has 11 nitrogen and oxygen atoms in total. The van der Waals surface area contributed by atoms with Gasteiger partial charge in [-0.2, -0.15) is 0 Å². The van der Waals surface area contributed by atoms with Gasteiger partial charge in [0.1, 0.15) is 11.6 Å². The Bertz CT molecular complexity index is 1210. The number of nitrogens with one attached hydrogen (secondary N) is 3. The predicted molar refractivity (Wildman–Crippen MR) is 199 cm³/mol. The number of Topliss-reactive ketones (excluding diaryl/α,β-unsaturated/α-hetero) is 1. The van der Waals surface area contributed by atoms with E-state index < -0.39 is 35.7 Å². The van der Waals surface area contributed by atoms with Crippen molar-refractivity contribution >= 4 is 23.5 Å². The molecule has 0 aliphatic carbocycles. The number of ether oxygens (including phenoxy) is 2. The Balaban J connectivity index is 2.32. The van der Waals surface area contributed by atoms with Crippen LogP contribution >= 0.6 is 0 Å². The summed E-state index contributed by atoms with van der Waals surface area (Å²) < 4.78 is 12.1. The summed E-state index contributed by atoms with van der Waals surface area (Å²) in [5.41, 5.74) is 0.0460. The molecule has 1 heterocycles. The Morgan fingerprint density at radius 1 is 0.920 bits per heavy atom. The Morgan fingerprint density at radius 3 is 2.04 bits per heavy atom. The normalized spacial score (nSPS) is 20.5. The van der Waals surface area contributed by atoms with E-state index in [1.54, 1.807) is 26.2 Å². The summed E-state index contributed by atoms with van der Waals surface area (Å²) in [7, 11) is 8.59. The van der Waals surface area contributed by atoms with Crippen molar-refractivity contribution in [2.75, 3.05) is 48.5 Å². The fraction of sp³-hybridized carbons (Fsp3) is 0.744. The number of methoxy groups -OCH3 is 2. The number of ketones is 1. The molecule has 0 aromatic heterocycles. The molecule has 0 radical (unpaired) electrons. The lowest BCUT2D eigenvalue weighted by molar-refractivity contribution is -0.147. The highest BCUT2D eigenvalue weighted by molar-refractivity contribution is 5.92. The molecule has 1 aliphatic rings. The number of hydrogen-bond acceptors (Lipinski definition) is 8. The lowest BCUT2D eigenvalue weighted by Gasteiger charge is -2.42. The number of benzene rings is 1. The quantitative estimate of drug-likeness (QED) is 0.177. The largest absolute Gasteiger partial charge is 0.379 e. The Hall–Kier alpha value is -2.86. The van der Waals surface area contributed by atoms with Crippen LogP contribution in [-0.4, -0.2) is 118 Å². The first-order valence-electron chi connectivity index (χ1n) is 18.5. The molecule has 0 unspecified atom stereocenters. The van der Waals surface area contributed by atoms with E-state index in [-0.39, 0.29) is 53.7 Å². The van der Waals surface area contributed by atoms with Crippen molar-refractivity contribution in [2.45, 2.75) is 116 Å². The molecule has 3 N–H and O–H groups in total. The standard InChI is InChI=1S/C39H67N5O6/c1-13-27(6)34(44(10)38(48)32(25(2)3)42-37(47)33(26(4)5)43(8)9)30(49-11)24-31(45)39(21-17-22-41-39)35(50-12)28(7)36(46)40-23-20-29-18-15-14-16-19-29/h14-16,18-19,25-28,30,32-35,41H,13,17,20-24H2,1-12H3,(H,40,46)(H,42,47)/t27-,28+,30+,32-,33-,34-,35+,39+/m0/s1. The molecule has 0 spiro atoms. The lowest BCUT2D eigenvalue weighted by Crippen LogP contribution is -2.63. The third-order valence-electron chi connectivity index (χ3n) is 10.6. The van der Waals surface area contributed by atoms with Gasteiger partial charge < -0.3 is 30.3 Å². The number of likely N-dealkylation sites (N-methyl/N-ethyl adjacent to an activating group) is 2. The first kappa shape index (κ1) is 43.3. The van der Waals surface area contributed by atoms with Crippen LogP contribution in [0.1, 0.15) is 79.7 Å². The van der Waals surface area contributed by atoms with Gasteiger partial charge in [-0.15, -0.1) is 0 Å². The van der Waals surface area contributed by atoms with Crippen LogP contribution in [0.15, 0.2) is 30.3 Å². The van der Waals surface area contributed by atoms with Gasteiger partial charge in [0.25, 0.3) is 0 Å². The molecule has 1 fully saturated rings. The van der Waals surface area contributed by atoms with Gasteiger partial charge in [-0.25, -0.2) is 0 Å². The summed E-state index contributed by atoms with van der Waals surface area (Å²) in [5, 5.41) is 9.53. The minimum atomic E-state index is -1.09. The van der Waals surface area contributed by atoms with Crippen molar-refractivity contribution in [1.82, 2.24) is 25.8 Å².